The minimum Gasteiger partial charge on any atom is -0.480 e. The third-order valence-electron chi connectivity index (χ3n) is 3.76. The molecule has 0 saturated heterocycles. The van der Waals surface area contributed by atoms with Crippen molar-refractivity contribution in [2.45, 2.75) is 6.18 Å². The van der Waals surface area contributed by atoms with E-state index in [-0.39, 0.29) is 23.7 Å². The van der Waals surface area contributed by atoms with Crippen LogP contribution in [-0.2, 0) is 11.0 Å². The number of alkyl halides is 3. The summed E-state index contributed by atoms with van der Waals surface area (Å²) in [5.41, 5.74) is -3.78. The second-order valence-corrected chi connectivity index (χ2v) is 5.58. The molecule has 0 radical (unpaired) electrons. The second-order valence-electron chi connectivity index (χ2n) is 5.58. The van der Waals surface area contributed by atoms with Gasteiger partial charge in [0.25, 0.3) is 5.91 Å². The molecule has 0 atom stereocenters. The highest BCUT2D eigenvalue weighted by Crippen LogP contribution is 2.33. The lowest BCUT2D eigenvalue weighted by molar-refractivity contribution is -0.138. The van der Waals surface area contributed by atoms with Crippen LogP contribution >= 0.6 is 12.4 Å². The van der Waals surface area contributed by atoms with E-state index < -0.39 is 52.5 Å². The Kier molecular flexibility index (Phi) is 5.97. The smallest absolute Gasteiger partial charge is 0.416 e. The highest BCUT2D eigenvalue weighted by atomic mass is 35.5. The first-order valence-corrected chi connectivity index (χ1v) is 7.56. The molecule has 2 heterocycles. The molecule has 0 bridgehead atoms. The van der Waals surface area contributed by atoms with Gasteiger partial charge in [0, 0.05) is 11.6 Å². The maximum atomic E-state index is 14.2. The van der Waals surface area contributed by atoms with Crippen molar-refractivity contribution < 1.29 is 32.3 Å². The summed E-state index contributed by atoms with van der Waals surface area (Å²) in [5.74, 6) is -3.43. The van der Waals surface area contributed by atoms with E-state index >= 15 is 0 Å². The summed E-state index contributed by atoms with van der Waals surface area (Å²) in [5, 5.41) is 13.1. The molecule has 0 fully saturated rings. The fourth-order valence-electron chi connectivity index (χ4n) is 2.55. The Bertz CT molecular complexity index is 1160. The van der Waals surface area contributed by atoms with E-state index in [1.54, 1.807) is 0 Å². The quantitative estimate of drug-likeness (QED) is 0.544. The number of fused-ring (bicyclic) bond motifs is 1. The van der Waals surface area contributed by atoms with Crippen molar-refractivity contribution in [3.8, 4) is 11.3 Å². The van der Waals surface area contributed by atoms with Gasteiger partial charge < -0.3 is 10.4 Å². The number of aliphatic carboxylic acids is 1. The summed E-state index contributed by atoms with van der Waals surface area (Å²) in [4.78, 5) is 38.8. The number of carbonyl (C=O) groups excluding carboxylic acids is 1. The zero-order valence-corrected chi connectivity index (χ0v) is 14.9. The Hall–Kier alpha value is -3.41. The maximum absolute atomic E-state index is 14.2. The first-order valence-electron chi connectivity index (χ1n) is 7.56. The molecule has 0 aliphatic heterocycles. The number of nitrogens with one attached hydrogen (secondary N) is 2. The first kappa shape index (κ1) is 21.9. The van der Waals surface area contributed by atoms with Gasteiger partial charge in [-0.3, -0.25) is 19.5 Å². The molecule has 0 aliphatic carbocycles. The Morgan fingerprint density at radius 3 is 2.55 bits per heavy atom. The van der Waals surface area contributed by atoms with Crippen LogP contribution in [-0.4, -0.2) is 38.1 Å². The highest BCUT2D eigenvalue weighted by Gasteiger charge is 2.32. The molecular formula is C16H11ClF4N4O4. The predicted octanol–water partition coefficient (Wildman–Crippen LogP) is 2.08. The van der Waals surface area contributed by atoms with E-state index in [0.717, 1.165) is 16.9 Å². The number of aromatic amines is 1. The van der Waals surface area contributed by atoms with Crippen molar-refractivity contribution in [1.29, 1.82) is 0 Å². The van der Waals surface area contributed by atoms with Gasteiger partial charge in [0.05, 0.1) is 11.3 Å². The van der Waals surface area contributed by atoms with Crippen molar-refractivity contribution >= 4 is 29.9 Å². The minimum absolute atomic E-state index is 0. The Morgan fingerprint density at radius 2 is 1.93 bits per heavy atom. The van der Waals surface area contributed by atoms with Gasteiger partial charge in [-0.05, 0) is 18.2 Å². The molecule has 0 saturated carbocycles. The van der Waals surface area contributed by atoms with E-state index in [1.807, 2.05) is 5.32 Å². The molecule has 3 aromatic rings. The van der Waals surface area contributed by atoms with E-state index in [4.69, 9.17) is 5.11 Å². The first-order chi connectivity index (χ1) is 13.1. The van der Waals surface area contributed by atoms with E-state index in [0.29, 0.717) is 18.2 Å². The molecule has 29 heavy (non-hydrogen) atoms. The summed E-state index contributed by atoms with van der Waals surface area (Å²) >= 11 is 0. The number of hydrogen-bond acceptors (Lipinski definition) is 4. The Morgan fingerprint density at radius 1 is 1.24 bits per heavy atom. The van der Waals surface area contributed by atoms with Crippen molar-refractivity contribution in [2.75, 3.05) is 6.54 Å². The number of H-pyrrole nitrogens is 1. The molecule has 1 aromatic carbocycles. The molecule has 2 aromatic heterocycles. The van der Waals surface area contributed by atoms with Crippen molar-refractivity contribution in [1.82, 2.24) is 19.9 Å². The average molecular weight is 435 g/mol. The number of carboxylic acids is 1. The van der Waals surface area contributed by atoms with Crippen LogP contribution in [0.25, 0.3) is 16.9 Å². The second kappa shape index (κ2) is 7.91. The molecule has 0 unspecified atom stereocenters. The van der Waals surface area contributed by atoms with Crippen LogP contribution < -0.4 is 10.7 Å². The van der Waals surface area contributed by atoms with Crippen LogP contribution in [0.15, 0.2) is 35.4 Å². The number of amides is 1. The number of hydrogen-bond donors (Lipinski definition) is 3. The number of benzene rings is 1. The fraction of sp³-hybridized carbons (Fsp3) is 0.125. The molecule has 0 aliphatic rings. The molecule has 1 amide bonds. The molecule has 3 rings (SSSR count). The number of aromatic nitrogens is 3. The van der Waals surface area contributed by atoms with Crippen LogP contribution in [0.3, 0.4) is 0 Å². The minimum atomic E-state index is -4.74. The maximum Gasteiger partial charge on any atom is 0.416 e. The zero-order chi connectivity index (χ0) is 20.6. The summed E-state index contributed by atoms with van der Waals surface area (Å²) in [6.45, 7) is -0.765. The average Bonchev–Trinajstić information content (AvgIpc) is 3.07. The third kappa shape index (κ3) is 4.21. The lowest BCUT2D eigenvalue weighted by Crippen LogP contribution is -2.33. The molecule has 8 nitrogen and oxygen atoms in total. The molecule has 0 spiro atoms. The van der Waals surface area contributed by atoms with Gasteiger partial charge in [0.2, 0.25) is 0 Å². The fourth-order valence-corrected chi connectivity index (χ4v) is 2.55. The van der Waals surface area contributed by atoms with Gasteiger partial charge >= 0.3 is 12.1 Å². The van der Waals surface area contributed by atoms with Crippen molar-refractivity contribution in [3.63, 3.8) is 0 Å². The number of nitrogens with zero attached hydrogens (tertiary/aromatic N) is 2. The van der Waals surface area contributed by atoms with Crippen molar-refractivity contribution in [2.24, 2.45) is 0 Å². The number of rotatable bonds is 4. The largest absolute Gasteiger partial charge is 0.480 e. The molecule has 3 N–H and O–H groups in total. The van der Waals surface area contributed by atoms with Crippen LogP contribution in [0, 0.1) is 5.82 Å². The molecular weight excluding hydrogens is 424 g/mol. The third-order valence-corrected chi connectivity index (χ3v) is 3.76. The van der Waals surface area contributed by atoms with E-state index in [9.17, 15) is 31.9 Å². The van der Waals surface area contributed by atoms with Crippen LogP contribution in [0.4, 0.5) is 17.6 Å². The standard InChI is InChI=1S/C16H10F4N4O4.ClH/c17-9-2-1-7(16(18,19)20)3-8(9)10-4-11(25)13(14-22-6-23-24(10)14)15(28)21-5-12(26)27;/h1-4,6H,5H2,(H,21,28)(H,22,23)(H,26,27);1H. The normalized spacial score (nSPS) is 11.2. The van der Waals surface area contributed by atoms with Gasteiger partial charge in [-0.2, -0.15) is 13.2 Å². The van der Waals surface area contributed by atoms with E-state index in [2.05, 4.69) is 10.1 Å². The van der Waals surface area contributed by atoms with Crippen molar-refractivity contribution in [3.05, 3.63) is 57.8 Å². The molecule has 154 valence electrons. The topological polar surface area (TPSA) is 117 Å². The van der Waals surface area contributed by atoms with Gasteiger partial charge in [-0.1, -0.05) is 0 Å². The van der Waals surface area contributed by atoms with Gasteiger partial charge in [-0.15, -0.1) is 12.4 Å². The number of halogens is 5. The van der Waals surface area contributed by atoms with Gasteiger partial charge in [-0.25, -0.2) is 13.9 Å². The predicted molar refractivity (Wildman–Crippen MR) is 93.4 cm³/mol. The van der Waals surface area contributed by atoms with Gasteiger partial charge in [0.1, 0.15) is 24.3 Å². The Balaban J connectivity index is 0.00000300. The number of carbonyl (C=O) groups is 2. The number of pyridine rings is 1. The van der Waals surface area contributed by atoms with E-state index in [1.165, 1.54) is 0 Å². The van der Waals surface area contributed by atoms with Crippen LogP contribution in [0.5, 0.6) is 0 Å². The number of carboxylic acid groups (broad SMARTS) is 1. The lowest BCUT2D eigenvalue weighted by atomic mass is 10.0. The van der Waals surface area contributed by atoms with Gasteiger partial charge in [0.15, 0.2) is 11.1 Å². The summed E-state index contributed by atoms with van der Waals surface area (Å²) in [6.07, 6.45) is -3.70. The molecule has 13 heteroatoms. The lowest BCUT2D eigenvalue weighted by Gasteiger charge is -2.12. The Labute approximate surface area is 164 Å². The van der Waals surface area contributed by atoms with Crippen LogP contribution in [0.2, 0.25) is 0 Å². The SMILES string of the molecule is Cl.O=C(O)CNC(=O)c1c(=O)cc(-c2cc(C(F)(F)F)ccc2F)n2[nH]cnc12. The zero-order valence-electron chi connectivity index (χ0n) is 14.1. The monoisotopic (exact) mass is 434 g/mol. The summed E-state index contributed by atoms with van der Waals surface area (Å²) in [7, 11) is 0. The van der Waals surface area contributed by atoms with Crippen LogP contribution in [0.1, 0.15) is 15.9 Å². The summed E-state index contributed by atoms with van der Waals surface area (Å²) in [6, 6.07) is 2.46. The summed E-state index contributed by atoms with van der Waals surface area (Å²) < 4.78 is 54.0. The highest BCUT2D eigenvalue weighted by molar-refractivity contribution is 6.01.